The second-order valence-electron chi connectivity index (χ2n) is 2.99. The van der Waals surface area contributed by atoms with Crippen molar-refractivity contribution in [3.8, 4) is 0 Å². The maximum atomic E-state index is 11.5. The molecule has 0 N–H and O–H groups in total. The van der Waals surface area contributed by atoms with E-state index in [0.29, 0.717) is 0 Å². The number of likely N-dealkylation sites (N-methyl/N-ethyl adjacent to an activating group) is 1. The van der Waals surface area contributed by atoms with Crippen LogP contribution >= 0.6 is 11.3 Å². The number of nitrogens with zero attached hydrogens (tertiary/aromatic N) is 1. The van der Waals surface area contributed by atoms with Crippen molar-refractivity contribution >= 4 is 28.2 Å². The summed E-state index contributed by atoms with van der Waals surface area (Å²) >= 11 is 1.42. The molecular formula is C10H13NO3S. The highest BCUT2D eigenvalue weighted by Gasteiger charge is 2.22. The Morgan fingerprint density at radius 3 is 2.67 bits per heavy atom. The molecule has 82 valence electrons. The molecule has 0 aliphatic heterocycles. The van der Waals surface area contributed by atoms with Crippen molar-refractivity contribution in [2.45, 2.75) is 13.8 Å². The third-order valence-electron chi connectivity index (χ3n) is 1.89. The molecule has 15 heavy (non-hydrogen) atoms. The molecule has 0 radical (unpaired) electrons. The van der Waals surface area contributed by atoms with Crippen LogP contribution in [0, 0.1) is 6.92 Å². The van der Waals surface area contributed by atoms with Gasteiger partial charge in [0, 0.05) is 7.05 Å². The van der Waals surface area contributed by atoms with Crippen molar-refractivity contribution in [3.63, 3.8) is 0 Å². The van der Waals surface area contributed by atoms with Gasteiger partial charge in [0.25, 0.3) is 0 Å². The van der Waals surface area contributed by atoms with E-state index < -0.39 is 11.9 Å². The molecule has 4 nitrogen and oxygen atoms in total. The number of hydrogen-bond acceptors (Lipinski definition) is 4. The summed E-state index contributed by atoms with van der Waals surface area (Å²) < 4.78 is 4.64. The lowest BCUT2D eigenvalue weighted by Gasteiger charge is -2.14. The van der Waals surface area contributed by atoms with Gasteiger partial charge in [-0.1, -0.05) is 0 Å². The molecule has 0 fully saturated rings. The standard InChI is InChI=1S/C10H13NO3S/c1-4-14-10(13)8(12)11(3)9-7(2)5-6-15-9/h5-6H,4H2,1-3H3. The molecule has 0 saturated heterocycles. The highest BCUT2D eigenvalue weighted by Crippen LogP contribution is 2.25. The van der Waals surface area contributed by atoms with Gasteiger partial charge in [0.05, 0.1) is 6.61 Å². The van der Waals surface area contributed by atoms with E-state index in [1.54, 1.807) is 14.0 Å². The first-order valence-electron chi connectivity index (χ1n) is 4.56. The van der Waals surface area contributed by atoms with Crippen LogP contribution in [0.4, 0.5) is 5.00 Å². The average Bonchev–Trinajstić information content (AvgIpc) is 2.62. The Morgan fingerprint density at radius 2 is 2.20 bits per heavy atom. The van der Waals surface area contributed by atoms with Gasteiger partial charge in [0.15, 0.2) is 0 Å². The molecule has 0 unspecified atom stereocenters. The molecule has 1 rings (SSSR count). The summed E-state index contributed by atoms with van der Waals surface area (Å²) in [5.41, 5.74) is 0.972. The second-order valence-corrected chi connectivity index (χ2v) is 3.89. The van der Waals surface area contributed by atoms with Crippen LogP contribution in [-0.2, 0) is 14.3 Å². The van der Waals surface area contributed by atoms with E-state index in [1.165, 1.54) is 16.2 Å². The van der Waals surface area contributed by atoms with Crippen molar-refractivity contribution in [2.24, 2.45) is 0 Å². The van der Waals surface area contributed by atoms with Crippen LogP contribution in [0.25, 0.3) is 0 Å². The van der Waals surface area contributed by atoms with Crippen LogP contribution in [0.2, 0.25) is 0 Å². The number of rotatable bonds is 2. The Balaban J connectivity index is 2.77. The number of thiophene rings is 1. The minimum atomic E-state index is -0.812. The molecular weight excluding hydrogens is 214 g/mol. The van der Waals surface area contributed by atoms with Crippen molar-refractivity contribution in [3.05, 3.63) is 17.0 Å². The zero-order valence-corrected chi connectivity index (χ0v) is 9.76. The Bertz CT molecular complexity index is 372. The van der Waals surface area contributed by atoms with Gasteiger partial charge in [-0.2, -0.15) is 0 Å². The molecule has 0 saturated carbocycles. The molecule has 0 bridgehead atoms. The van der Waals surface area contributed by atoms with Crippen LogP contribution in [0.5, 0.6) is 0 Å². The van der Waals surface area contributed by atoms with Crippen LogP contribution in [0.1, 0.15) is 12.5 Å². The van der Waals surface area contributed by atoms with Gasteiger partial charge in [0.1, 0.15) is 5.00 Å². The lowest BCUT2D eigenvalue weighted by atomic mass is 10.3. The van der Waals surface area contributed by atoms with Gasteiger partial charge in [-0.25, -0.2) is 4.79 Å². The van der Waals surface area contributed by atoms with Crippen LogP contribution in [0.3, 0.4) is 0 Å². The number of hydrogen-bond donors (Lipinski definition) is 0. The summed E-state index contributed by atoms with van der Waals surface area (Å²) in [6.07, 6.45) is 0. The molecule has 1 aromatic heterocycles. The SMILES string of the molecule is CCOC(=O)C(=O)N(C)c1sccc1C. The Hall–Kier alpha value is -1.36. The summed E-state index contributed by atoms with van der Waals surface area (Å²) in [7, 11) is 1.57. The van der Waals surface area contributed by atoms with Crippen molar-refractivity contribution in [1.82, 2.24) is 0 Å². The molecule has 0 spiro atoms. The zero-order chi connectivity index (χ0) is 11.4. The Kier molecular flexibility index (Phi) is 3.85. The van der Waals surface area contributed by atoms with Crippen molar-refractivity contribution < 1.29 is 14.3 Å². The van der Waals surface area contributed by atoms with Gasteiger partial charge in [-0.3, -0.25) is 9.69 Å². The fraction of sp³-hybridized carbons (Fsp3) is 0.400. The van der Waals surface area contributed by atoms with E-state index in [1.807, 2.05) is 18.4 Å². The predicted molar refractivity (Wildman–Crippen MR) is 59.1 cm³/mol. The molecule has 0 aliphatic carbocycles. The smallest absolute Gasteiger partial charge is 0.397 e. The first-order valence-corrected chi connectivity index (χ1v) is 5.44. The number of carbonyl (C=O) groups excluding carboxylic acids is 2. The summed E-state index contributed by atoms with van der Waals surface area (Å²) in [4.78, 5) is 24.0. The normalized spacial score (nSPS) is 9.80. The van der Waals surface area contributed by atoms with E-state index >= 15 is 0 Å². The van der Waals surface area contributed by atoms with Crippen LogP contribution in [0.15, 0.2) is 11.4 Å². The Morgan fingerprint density at radius 1 is 1.53 bits per heavy atom. The number of esters is 1. The van der Waals surface area contributed by atoms with Crippen LogP contribution < -0.4 is 4.90 Å². The lowest BCUT2D eigenvalue weighted by Crippen LogP contribution is -2.34. The fourth-order valence-corrected chi connectivity index (χ4v) is 2.03. The second kappa shape index (κ2) is 4.93. The maximum absolute atomic E-state index is 11.5. The molecule has 1 aromatic rings. The first kappa shape index (κ1) is 11.7. The molecule has 0 atom stereocenters. The van der Waals surface area contributed by atoms with Gasteiger partial charge >= 0.3 is 11.9 Å². The predicted octanol–water partition coefficient (Wildman–Crippen LogP) is 1.58. The monoisotopic (exact) mass is 227 g/mol. The molecule has 1 amide bonds. The topological polar surface area (TPSA) is 46.6 Å². The van der Waals surface area contributed by atoms with E-state index in [9.17, 15) is 9.59 Å². The van der Waals surface area contributed by atoms with Crippen molar-refractivity contribution in [1.29, 1.82) is 0 Å². The lowest BCUT2D eigenvalue weighted by molar-refractivity contribution is -0.153. The summed E-state index contributed by atoms with van der Waals surface area (Å²) in [6, 6.07) is 1.90. The minimum absolute atomic E-state index is 0.210. The van der Waals surface area contributed by atoms with E-state index in [0.717, 1.165) is 10.6 Å². The highest BCUT2D eigenvalue weighted by atomic mass is 32.1. The first-order chi connectivity index (χ1) is 7.07. The number of carbonyl (C=O) groups is 2. The van der Waals surface area contributed by atoms with E-state index in [4.69, 9.17) is 0 Å². The van der Waals surface area contributed by atoms with Crippen LogP contribution in [-0.4, -0.2) is 25.5 Å². The Labute approximate surface area is 92.5 Å². The third kappa shape index (κ3) is 2.56. The van der Waals surface area contributed by atoms with E-state index in [-0.39, 0.29) is 6.61 Å². The summed E-state index contributed by atoms with van der Waals surface area (Å²) in [6.45, 7) is 3.77. The average molecular weight is 227 g/mol. The number of anilines is 1. The molecule has 0 aliphatic rings. The summed E-state index contributed by atoms with van der Waals surface area (Å²) in [5.74, 6) is -1.45. The number of aryl methyl sites for hydroxylation is 1. The van der Waals surface area contributed by atoms with Gasteiger partial charge in [-0.05, 0) is 30.9 Å². The number of amides is 1. The summed E-state index contributed by atoms with van der Waals surface area (Å²) in [5, 5.41) is 2.65. The van der Waals surface area contributed by atoms with Crippen molar-refractivity contribution in [2.75, 3.05) is 18.6 Å². The zero-order valence-electron chi connectivity index (χ0n) is 8.94. The highest BCUT2D eigenvalue weighted by molar-refractivity contribution is 7.14. The van der Waals surface area contributed by atoms with E-state index in [2.05, 4.69) is 4.74 Å². The fourth-order valence-electron chi connectivity index (χ4n) is 1.13. The maximum Gasteiger partial charge on any atom is 0.397 e. The quantitative estimate of drug-likeness (QED) is 0.569. The third-order valence-corrected chi connectivity index (χ3v) is 2.99. The number of ether oxygens (including phenoxy) is 1. The van der Waals surface area contributed by atoms with Gasteiger partial charge in [-0.15, -0.1) is 11.3 Å². The van der Waals surface area contributed by atoms with Gasteiger partial charge in [0.2, 0.25) is 0 Å². The minimum Gasteiger partial charge on any atom is -0.459 e. The molecule has 1 heterocycles. The molecule has 0 aromatic carbocycles. The molecule has 5 heteroatoms. The van der Waals surface area contributed by atoms with Gasteiger partial charge < -0.3 is 4.74 Å². The largest absolute Gasteiger partial charge is 0.459 e.